The van der Waals surface area contributed by atoms with E-state index in [0.29, 0.717) is 6.54 Å². The molecule has 0 radical (unpaired) electrons. The van der Waals surface area contributed by atoms with E-state index in [2.05, 4.69) is 58.3 Å². The van der Waals surface area contributed by atoms with Crippen molar-refractivity contribution in [2.45, 2.75) is 12.8 Å². The Morgan fingerprint density at radius 2 is 1.48 bits per heavy atom. The molecule has 0 aromatic heterocycles. The van der Waals surface area contributed by atoms with Gasteiger partial charge in [0, 0.05) is 38.4 Å². The van der Waals surface area contributed by atoms with Crippen molar-refractivity contribution in [3.63, 3.8) is 0 Å². The van der Waals surface area contributed by atoms with Crippen LogP contribution in [-0.4, -0.2) is 78.3 Å². The van der Waals surface area contributed by atoms with Crippen LogP contribution in [0.3, 0.4) is 0 Å². The van der Waals surface area contributed by atoms with E-state index < -0.39 is 5.97 Å². The van der Waals surface area contributed by atoms with Crippen LogP contribution in [0.25, 0.3) is 0 Å². The Kier molecular flexibility index (Phi) is 7.97. The minimum absolute atomic E-state index is 0. The van der Waals surface area contributed by atoms with Gasteiger partial charge in [-0.2, -0.15) is 0 Å². The third-order valence-corrected chi connectivity index (χ3v) is 4.57. The van der Waals surface area contributed by atoms with Gasteiger partial charge in [-0.15, -0.1) is 0 Å². The Labute approximate surface area is 171 Å². The Morgan fingerprint density at radius 1 is 0.880 bits per heavy atom. The van der Waals surface area contributed by atoms with Gasteiger partial charge < -0.3 is 10.0 Å². The zero-order chi connectivity index (χ0) is 16.8. The molecule has 1 N–H and O–H groups in total. The molecule has 1 saturated heterocycles. The Hall–Kier alpha value is -1.33. The van der Waals surface area contributed by atoms with E-state index in [9.17, 15) is 4.79 Å². The third-order valence-electron chi connectivity index (χ3n) is 4.57. The Bertz CT molecular complexity index is 653. The molecule has 5 heteroatoms. The fourth-order valence-corrected chi connectivity index (χ4v) is 3.14. The summed E-state index contributed by atoms with van der Waals surface area (Å²) in [6, 6.07) is 19.3. The normalized spacial score (nSPS) is 14.8. The van der Waals surface area contributed by atoms with Gasteiger partial charge in [0.15, 0.2) is 0 Å². The minimum atomic E-state index is -0.716. The molecule has 128 valence electrons. The second-order valence-electron chi connectivity index (χ2n) is 6.30. The molecule has 3 rings (SSSR count). The van der Waals surface area contributed by atoms with E-state index in [1.807, 2.05) is 6.07 Å². The molecule has 0 unspecified atom stereocenters. The van der Waals surface area contributed by atoms with Gasteiger partial charge in [0.1, 0.15) is 0 Å². The zero-order valence-electron chi connectivity index (χ0n) is 13.9. The maximum atomic E-state index is 10.7. The maximum absolute atomic E-state index is 10.7. The Morgan fingerprint density at radius 3 is 2.08 bits per heavy atom. The van der Waals surface area contributed by atoms with Gasteiger partial charge in [0.2, 0.25) is 0 Å². The fourth-order valence-electron chi connectivity index (χ4n) is 3.14. The van der Waals surface area contributed by atoms with Gasteiger partial charge in [-0.25, -0.2) is 0 Å². The number of piperazine rings is 1. The molecule has 0 saturated carbocycles. The first kappa shape index (κ1) is 20.0. The molecular weight excluding hydrogens is 323 g/mol. The van der Waals surface area contributed by atoms with Crippen LogP contribution in [-0.2, 0) is 11.2 Å². The summed E-state index contributed by atoms with van der Waals surface area (Å²) >= 11 is 0. The van der Waals surface area contributed by atoms with Crippen LogP contribution in [0.2, 0.25) is 0 Å². The predicted octanol–water partition coefficient (Wildman–Crippen LogP) is 2.23. The van der Waals surface area contributed by atoms with Crippen LogP contribution < -0.4 is 4.90 Å². The van der Waals surface area contributed by atoms with Crippen molar-refractivity contribution in [1.82, 2.24) is 4.90 Å². The van der Waals surface area contributed by atoms with Crippen molar-refractivity contribution in [2.75, 3.05) is 37.6 Å². The molecule has 4 nitrogen and oxygen atoms in total. The molecule has 2 aromatic rings. The zero-order valence-corrected chi connectivity index (χ0v) is 13.9. The summed E-state index contributed by atoms with van der Waals surface area (Å²) < 4.78 is 0. The number of hydrogen-bond acceptors (Lipinski definition) is 3. The summed E-state index contributed by atoms with van der Waals surface area (Å²) in [5.74, 6) is -0.716. The van der Waals surface area contributed by atoms with Crippen molar-refractivity contribution >= 4 is 41.2 Å². The number of aliphatic carboxylic acids is 1. The molecule has 25 heavy (non-hydrogen) atoms. The molecule has 0 aliphatic carbocycles. The summed E-state index contributed by atoms with van der Waals surface area (Å²) in [6.45, 7) is 4.42. The van der Waals surface area contributed by atoms with Crippen LogP contribution in [0.1, 0.15) is 17.5 Å². The van der Waals surface area contributed by atoms with E-state index >= 15 is 0 Å². The summed E-state index contributed by atoms with van der Waals surface area (Å²) in [4.78, 5) is 15.3. The first-order valence-electron chi connectivity index (χ1n) is 8.53. The van der Waals surface area contributed by atoms with Gasteiger partial charge in [-0.3, -0.25) is 9.69 Å². The third kappa shape index (κ3) is 6.15. The number of anilines is 1. The van der Waals surface area contributed by atoms with E-state index in [4.69, 9.17) is 5.11 Å². The molecule has 0 bridgehead atoms. The van der Waals surface area contributed by atoms with Crippen molar-refractivity contribution in [3.05, 3.63) is 65.7 Å². The molecule has 0 spiro atoms. The standard InChI is InChI=1S/C20H24N2O2.Na.H/c23-20(24)10-11-21-12-14-22(15-13-21)19-8-6-18(7-9-19)16-17-4-2-1-3-5-17;;/h1-9H,10-16H2,(H,23,24);;. The summed E-state index contributed by atoms with van der Waals surface area (Å²) in [5.41, 5.74) is 3.91. The molecule has 1 aliphatic heterocycles. The predicted molar refractivity (Wildman–Crippen MR) is 104 cm³/mol. The van der Waals surface area contributed by atoms with E-state index in [1.54, 1.807) is 0 Å². The van der Waals surface area contributed by atoms with Gasteiger partial charge in [-0.1, -0.05) is 42.5 Å². The summed E-state index contributed by atoms with van der Waals surface area (Å²) in [7, 11) is 0. The molecule has 0 amide bonds. The molecule has 1 aliphatic rings. The van der Waals surface area contributed by atoms with Gasteiger partial charge in [0.25, 0.3) is 0 Å². The number of hydrogen-bond donors (Lipinski definition) is 1. The quantitative estimate of drug-likeness (QED) is 0.813. The van der Waals surface area contributed by atoms with Crippen molar-refractivity contribution in [3.8, 4) is 0 Å². The molecule has 2 aromatic carbocycles. The number of nitrogens with zero attached hydrogens (tertiary/aromatic N) is 2. The SMILES string of the molecule is O=C(O)CCN1CCN(c2ccc(Cc3ccccc3)cc2)CC1.[NaH]. The van der Waals surface area contributed by atoms with Crippen molar-refractivity contribution in [1.29, 1.82) is 0 Å². The topological polar surface area (TPSA) is 43.8 Å². The van der Waals surface area contributed by atoms with Crippen LogP contribution in [0, 0.1) is 0 Å². The number of carboxylic acid groups (broad SMARTS) is 1. The summed E-state index contributed by atoms with van der Waals surface area (Å²) in [5, 5.41) is 8.77. The first-order chi connectivity index (χ1) is 11.7. The van der Waals surface area contributed by atoms with Gasteiger partial charge >= 0.3 is 35.5 Å². The number of carboxylic acids is 1. The average molecular weight is 348 g/mol. The van der Waals surface area contributed by atoms with Crippen LogP contribution in [0.5, 0.6) is 0 Å². The molecule has 1 heterocycles. The Balaban J connectivity index is 0.00000225. The monoisotopic (exact) mass is 348 g/mol. The van der Waals surface area contributed by atoms with E-state index in [-0.39, 0.29) is 36.0 Å². The number of rotatable bonds is 6. The number of benzene rings is 2. The second-order valence-corrected chi connectivity index (χ2v) is 6.30. The molecular formula is C20H25N2NaO2. The molecule has 0 atom stereocenters. The van der Waals surface area contributed by atoms with Crippen LogP contribution in [0.4, 0.5) is 5.69 Å². The van der Waals surface area contributed by atoms with Crippen molar-refractivity contribution in [2.24, 2.45) is 0 Å². The average Bonchev–Trinajstić information content (AvgIpc) is 2.62. The van der Waals surface area contributed by atoms with Crippen LogP contribution >= 0.6 is 0 Å². The van der Waals surface area contributed by atoms with E-state index in [0.717, 1.165) is 32.6 Å². The van der Waals surface area contributed by atoms with E-state index in [1.165, 1.54) is 16.8 Å². The fraction of sp³-hybridized carbons (Fsp3) is 0.350. The van der Waals surface area contributed by atoms with Crippen LogP contribution in [0.15, 0.2) is 54.6 Å². The first-order valence-corrected chi connectivity index (χ1v) is 8.53. The second kappa shape index (κ2) is 9.97. The van der Waals surface area contributed by atoms with Gasteiger partial charge in [-0.05, 0) is 29.7 Å². The van der Waals surface area contributed by atoms with Gasteiger partial charge in [0.05, 0.1) is 6.42 Å². The summed E-state index contributed by atoms with van der Waals surface area (Å²) in [6.07, 6.45) is 1.19. The van der Waals surface area contributed by atoms with Crippen molar-refractivity contribution < 1.29 is 9.90 Å². The number of carbonyl (C=O) groups is 1. The molecule has 1 fully saturated rings.